The van der Waals surface area contributed by atoms with Gasteiger partial charge in [-0.1, -0.05) is 5.57 Å². The van der Waals surface area contributed by atoms with Crippen molar-refractivity contribution in [2.75, 3.05) is 6.54 Å². The Kier molecular flexibility index (Phi) is 2.50. The molecule has 1 nitrogen and oxygen atoms in total. The zero-order chi connectivity index (χ0) is 7.56. The summed E-state index contributed by atoms with van der Waals surface area (Å²) in [5.41, 5.74) is 6.88. The van der Waals surface area contributed by atoms with Gasteiger partial charge < -0.3 is 5.73 Å². The highest BCUT2D eigenvalue weighted by molar-refractivity contribution is 4.95. The van der Waals surface area contributed by atoms with Crippen molar-refractivity contribution < 1.29 is 0 Å². The van der Waals surface area contributed by atoms with Crippen molar-refractivity contribution in [1.82, 2.24) is 0 Å². The van der Waals surface area contributed by atoms with Gasteiger partial charge in [0.05, 0.1) is 0 Å². The lowest BCUT2D eigenvalue weighted by Crippen LogP contribution is -2.32. The second kappa shape index (κ2) is 3.20. The van der Waals surface area contributed by atoms with E-state index in [0.717, 1.165) is 18.4 Å². The second-order valence-electron chi connectivity index (χ2n) is 3.49. The van der Waals surface area contributed by atoms with Gasteiger partial charge in [0.25, 0.3) is 0 Å². The normalized spacial score (nSPS) is 31.4. The van der Waals surface area contributed by atoms with E-state index in [2.05, 4.69) is 13.5 Å². The zero-order valence-corrected chi connectivity index (χ0v) is 6.77. The molecule has 58 valence electrons. The molecule has 0 aromatic carbocycles. The summed E-state index contributed by atoms with van der Waals surface area (Å²) in [7, 11) is 0. The van der Waals surface area contributed by atoms with Crippen LogP contribution in [0, 0.1) is 11.8 Å². The van der Waals surface area contributed by atoms with Gasteiger partial charge in [-0.05, 0) is 44.6 Å². The van der Waals surface area contributed by atoms with Crippen LogP contribution in [-0.4, -0.2) is 6.54 Å². The Morgan fingerprint density at radius 2 is 2.10 bits per heavy atom. The van der Waals surface area contributed by atoms with Crippen molar-refractivity contribution in [2.45, 2.75) is 26.2 Å². The molecule has 0 aromatic rings. The summed E-state index contributed by atoms with van der Waals surface area (Å²) in [6, 6.07) is 0. The molecule has 0 aliphatic heterocycles. The smallest absolute Gasteiger partial charge is 0.00461 e. The highest BCUT2D eigenvalue weighted by Gasteiger charge is 2.28. The lowest BCUT2D eigenvalue weighted by atomic mass is 9.71. The summed E-state index contributed by atoms with van der Waals surface area (Å²) in [5, 5.41) is 0. The fraction of sp³-hybridized carbons (Fsp3) is 0.778. The average Bonchev–Trinajstić information content (AvgIpc) is 1.82. The third-order valence-corrected chi connectivity index (χ3v) is 2.49. The Balaban J connectivity index is 2.23. The highest BCUT2D eigenvalue weighted by Crippen LogP contribution is 2.37. The molecule has 0 bridgehead atoms. The van der Waals surface area contributed by atoms with Gasteiger partial charge in [-0.25, -0.2) is 0 Å². The first-order valence-corrected chi connectivity index (χ1v) is 4.08. The Morgan fingerprint density at radius 1 is 1.50 bits per heavy atom. The predicted octanol–water partition coefficient (Wildman–Crippen LogP) is 1.94. The van der Waals surface area contributed by atoms with E-state index >= 15 is 0 Å². The third kappa shape index (κ3) is 1.60. The summed E-state index contributed by atoms with van der Waals surface area (Å²) in [6.45, 7) is 6.88. The minimum Gasteiger partial charge on any atom is -0.330 e. The lowest BCUT2D eigenvalue weighted by Gasteiger charge is -2.36. The molecule has 1 aliphatic rings. The van der Waals surface area contributed by atoms with E-state index in [4.69, 9.17) is 5.73 Å². The SMILES string of the molecule is C=C(C)CC1CCC1CN. The molecular formula is C9H17N. The van der Waals surface area contributed by atoms with Crippen LogP contribution < -0.4 is 5.73 Å². The molecule has 0 saturated heterocycles. The molecule has 1 saturated carbocycles. The van der Waals surface area contributed by atoms with Crippen LogP contribution in [0.2, 0.25) is 0 Å². The van der Waals surface area contributed by atoms with Gasteiger partial charge in [0, 0.05) is 0 Å². The van der Waals surface area contributed by atoms with Crippen molar-refractivity contribution in [3.63, 3.8) is 0 Å². The van der Waals surface area contributed by atoms with Gasteiger partial charge in [-0.2, -0.15) is 0 Å². The molecule has 0 heterocycles. The van der Waals surface area contributed by atoms with Gasteiger partial charge in [-0.3, -0.25) is 0 Å². The van der Waals surface area contributed by atoms with E-state index in [1.165, 1.54) is 24.8 Å². The van der Waals surface area contributed by atoms with Crippen LogP contribution >= 0.6 is 0 Å². The molecular weight excluding hydrogens is 122 g/mol. The number of hydrogen-bond donors (Lipinski definition) is 1. The molecule has 2 unspecified atom stereocenters. The molecule has 2 N–H and O–H groups in total. The Bertz CT molecular complexity index is 127. The number of nitrogens with two attached hydrogens (primary N) is 1. The number of hydrogen-bond acceptors (Lipinski definition) is 1. The first-order chi connectivity index (χ1) is 4.74. The van der Waals surface area contributed by atoms with E-state index in [1.54, 1.807) is 0 Å². The third-order valence-electron chi connectivity index (χ3n) is 2.49. The average molecular weight is 139 g/mol. The molecule has 0 amide bonds. The fourth-order valence-electron chi connectivity index (χ4n) is 1.66. The van der Waals surface area contributed by atoms with Crippen molar-refractivity contribution in [3.05, 3.63) is 12.2 Å². The van der Waals surface area contributed by atoms with Crippen molar-refractivity contribution in [2.24, 2.45) is 17.6 Å². The first kappa shape index (κ1) is 7.80. The monoisotopic (exact) mass is 139 g/mol. The maximum absolute atomic E-state index is 5.57. The van der Waals surface area contributed by atoms with Gasteiger partial charge >= 0.3 is 0 Å². The van der Waals surface area contributed by atoms with Crippen LogP contribution in [-0.2, 0) is 0 Å². The minimum absolute atomic E-state index is 0.802. The van der Waals surface area contributed by atoms with Crippen LogP contribution in [0.5, 0.6) is 0 Å². The molecule has 2 atom stereocenters. The molecule has 0 aromatic heterocycles. The topological polar surface area (TPSA) is 26.0 Å². The Morgan fingerprint density at radius 3 is 2.40 bits per heavy atom. The van der Waals surface area contributed by atoms with E-state index < -0.39 is 0 Å². The summed E-state index contributed by atoms with van der Waals surface area (Å²) in [5.74, 6) is 1.67. The molecule has 1 rings (SSSR count). The lowest BCUT2D eigenvalue weighted by molar-refractivity contribution is 0.183. The van der Waals surface area contributed by atoms with Gasteiger partial charge in [0.15, 0.2) is 0 Å². The maximum atomic E-state index is 5.57. The minimum atomic E-state index is 0.802. The molecule has 0 spiro atoms. The van der Waals surface area contributed by atoms with E-state index in [0.29, 0.717) is 0 Å². The summed E-state index contributed by atoms with van der Waals surface area (Å²) in [4.78, 5) is 0. The van der Waals surface area contributed by atoms with E-state index in [1.807, 2.05) is 0 Å². The first-order valence-electron chi connectivity index (χ1n) is 4.08. The van der Waals surface area contributed by atoms with E-state index in [-0.39, 0.29) is 0 Å². The van der Waals surface area contributed by atoms with Crippen LogP contribution in [0.15, 0.2) is 12.2 Å². The molecule has 1 heteroatoms. The summed E-state index contributed by atoms with van der Waals surface area (Å²) >= 11 is 0. The standard InChI is InChI=1S/C9H17N/c1-7(2)5-8-3-4-9(8)6-10/h8-9H,1,3-6,10H2,2H3. The Hall–Kier alpha value is -0.300. The van der Waals surface area contributed by atoms with Crippen molar-refractivity contribution in [3.8, 4) is 0 Å². The Labute approximate surface area is 63.3 Å². The van der Waals surface area contributed by atoms with Crippen molar-refractivity contribution in [1.29, 1.82) is 0 Å². The fourth-order valence-corrected chi connectivity index (χ4v) is 1.66. The van der Waals surface area contributed by atoms with Crippen LogP contribution in [0.3, 0.4) is 0 Å². The molecule has 1 aliphatic carbocycles. The second-order valence-corrected chi connectivity index (χ2v) is 3.49. The number of allylic oxidation sites excluding steroid dienone is 1. The molecule has 10 heavy (non-hydrogen) atoms. The zero-order valence-electron chi connectivity index (χ0n) is 6.77. The highest BCUT2D eigenvalue weighted by atomic mass is 14.6. The van der Waals surface area contributed by atoms with Gasteiger partial charge in [-0.15, -0.1) is 6.58 Å². The van der Waals surface area contributed by atoms with Gasteiger partial charge in [0.2, 0.25) is 0 Å². The quantitative estimate of drug-likeness (QED) is 0.594. The van der Waals surface area contributed by atoms with Crippen LogP contribution in [0.25, 0.3) is 0 Å². The molecule has 1 fully saturated rings. The largest absolute Gasteiger partial charge is 0.330 e. The van der Waals surface area contributed by atoms with Gasteiger partial charge in [0.1, 0.15) is 0 Å². The van der Waals surface area contributed by atoms with Crippen LogP contribution in [0.4, 0.5) is 0 Å². The predicted molar refractivity (Wildman–Crippen MR) is 44.7 cm³/mol. The maximum Gasteiger partial charge on any atom is -0.00461 e. The summed E-state index contributed by atoms with van der Waals surface area (Å²) < 4.78 is 0. The number of rotatable bonds is 3. The van der Waals surface area contributed by atoms with E-state index in [9.17, 15) is 0 Å². The summed E-state index contributed by atoms with van der Waals surface area (Å²) in [6.07, 6.45) is 3.91. The van der Waals surface area contributed by atoms with Crippen molar-refractivity contribution >= 4 is 0 Å². The van der Waals surface area contributed by atoms with Crippen LogP contribution in [0.1, 0.15) is 26.2 Å². The molecule has 0 radical (unpaired) electrons.